The number of anilines is 1. The molecule has 1 spiro atoms. The zero-order valence-electron chi connectivity index (χ0n) is 24.6. The first-order valence-electron chi connectivity index (χ1n) is 14.2. The first kappa shape index (κ1) is 30.0. The molecular formula is C31H34F2N4O7. The molecule has 0 aromatic heterocycles. The Labute approximate surface area is 251 Å². The summed E-state index contributed by atoms with van der Waals surface area (Å²) in [6, 6.07) is 4.38. The van der Waals surface area contributed by atoms with Crippen LogP contribution in [0.4, 0.5) is 14.5 Å². The summed E-state index contributed by atoms with van der Waals surface area (Å²) in [6.45, 7) is -0.218. The van der Waals surface area contributed by atoms with Crippen molar-refractivity contribution in [3.63, 3.8) is 0 Å². The fourth-order valence-electron chi connectivity index (χ4n) is 7.52. The fraction of sp³-hybridized carbons (Fsp3) is 0.419. The van der Waals surface area contributed by atoms with Crippen LogP contribution in [0, 0.1) is 23.5 Å². The number of nitrogens with two attached hydrogens (primary N) is 1. The number of epoxide rings is 1. The number of phenols is 1. The lowest BCUT2D eigenvalue weighted by Crippen LogP contribution is -2.57. The maximum absolute atomic E-state index is 14.2. The number of hydrogen-bond acceptors (Lipinski definition) is 10. The number of carbonyl (C=O) groups is 2. The monoisotopic (exact) mass is 612 g/mol. The molecular weight excluding hydrogens is 578 g/mol. The molecule has 234 valence electrons. The van der Waals surface area contributed by atoms with Gasteiger partial charge in [-0.05, 0) is 56.6 Å². The van der Waals surface area contributed by atoms with E-state index in [9.17, 15) is 38.8 Å². The highest BCUT2D eigenvalue weighted by atomic mass is 19.1. The molecule has 44 heavy (non-hydrogen) atoms. The molecule has 2 aromatic rings. The van der Waals surface area contributed by atoms with Gasteiger partial charge >= 0.3 is 0 Å². The number of hydrogen-bond donors (Lipinski definition) is 6. The summed E-state index contributed by atoms with van der Waals surface area (Å²) in [7, 11) is 6.88. The van der Waals surface area contributed by atoms with Gasteiger partial charge in [-0.25, -0.2) is 8.78 Å². The van der Waals surface area contributed by atoms with Crippen LogP contribution in [-0.2, 0) is 29.0 Å². The van der Waals surface area contributed by atoms with Gasteiger partial charge in [-0.1, -0.05) is 6.07 Å². The molecule has 1 heterocycles. The van der Waals surface area contributed by atoms with Gasteiger partial charge in [0.15, 0.2) is 11.4 Å². The molecule has 1 amide bonds. The second-order valence-electron chi connectivity index (χ2n) is 12.3. The Hall–Kier alpha value is -4.04. The Kier molecular flexibility index (Phi) is 6.81. The third-order valence-electron chi connectivity index (χ3n) is 9.45. The number of aliphatic hydroxyl groups is 3. The first-order valence-corrected chi connectivity index (χ1v) is 14.2. The van der Waals surface area contributed by atoms with E-state index in [-0.39, 0.29) is 53.9 Å². The molecule has 6 rings (SSSR count). The van der Waals surface area contributed by atoms with Gasteiger partial charge in [0.1, 0.15) is 34.5 Å². The number of benzene rings is 2. The van der Waals surface area contributed by atoms with Crippen molar-refractivity contribution < 1.29 is 43.5 Å². The molecule has 3 aliphatic carbocycles. The molecule has 11 nitrogen and oxygen atoms in total. The summed E-state index contributed by atoms with van der Waals surface area (Å²) in [6.07, 6.45) is 0.422. The Balaban J connectivity index is 1.43. The number of phenolic OH excluding ortho intramolecular Hbond substituents is 1. The van der Waals surface area contributed by atoms with Gasteiger partial charge in [0.2, 0.25) is 5.79 Å². The molecule has 1 unspecified atom stereocenters. The molecule has 1 aliphatic heterocycles. The zero-order valence-corrected chi connectivity index (χ0v) is 24.6. The van der Waals surface area contributed by atoms with Crippen molar-refractivity contribution in [2.75, 3.05) is 33.1 Å². The van der Waals surface area contributed by atoms with Gasteiger partial charge in [-0.2, -0.15) is 0 Å². The molecule has 1 fully saturated rings. The maximum Gasteiger partial charge on any atom is 0.253 e. The van der Waals surface area contributed by atoms with Crippen LogP contribution in [0.25, 0.3) is 0 Å². The summed E-state index contributed by atoms with van der Waals surface area (Å²) in [5.74, 6) is -8.40. The largest absolute Gasteiger partial charge is 0.510 e. The zero-order chi connectivity index (χ0) is 32.0. The van der Waals surface area contributed by atoms with E-state index in [1.165, 1.54) is 6.07 Å². The number of primary amides is 1. The average Bonchev–Trinajstić information content (AvgIpc) is 3.56. The van der Waals surface area contributed by atoms with Gasteiger partial charge in [-0.3, -0.25) is 14.5 Å². The number of amides is 1. The van der Waals surface area contributed by atoms with E-state index >= 15 is 0 Å². The van der Waals surface area contributed by atoms with Crippen molar-refractivity contribution in [2.45, 2.75) is 43.4 Å². The van der Waals surface area contributed by atoms with Gasteiger partial charge < -0.3 is 41.1 Å². The number of likely N-dealkylation sites (N-methyl/N-ethyl adjacent to an activating group) is 1. The molecule has 1 saturated heterocycles. The number of nitrogens with one attached hydrogen (secondary N) is 1. The van der Waals surface area contributed by atoms with E-state index < -0.39 is 69.7 Å². The van der Waals surface area contributed by atoms with Gasteiger partial charge in [0.25, 0.3) is 5.91 Å². The number of halogens is 2. The predicted octanol–water partition coefficient (Wildman–Crippen LogP) is 1.91. The van der Waals surface area contributed by atoms with Crippen molar-refractivity contribution in [1.82, 2.24) is 10.2 Å². The minimum atomic E-state index is -2.44. The Bertz CT molecular complexity index is 1670. The summed E-state index contributed by atoms with van der Waals surface area (Å²) >= 11 is 0. The number of allylic oxidation sites excluding steroid dienone is 1. The topological polar surface area (TPSA) is 172 Å². The minimum absolute atomic E-state index is 0.0408. The van der Waals surface area contributed by atoms with E-state index in [4.69, 9.17) is 10.5 Å². The number of aliphatic hydroxyl groups excluding tert-OH is 2. The molecule has 4 aliphatic rings. The number of Topliss-reactive ketones (excluding diaryl/α,β-unsaturated/α-hetero) is 1. The van der Waals surface area contributed by atoms with E-state index in [2.05, 4.69) is 5.32 Å². The number of ether oxygens (including phenoxy) is 1. The number of rotatable bonds is 7. The van der Waals surface area contributed by atoms with Crippen molar-refractivity contribution in [1.29, 1.82) is 0 Å². The summed E-state index contributed by atoms with van der Waals surface area (Å²) < 4.78 is 34.0. The number of carbonyl (C=O) groups excluding carboxylic acids is 2. The van der Waals surface area contributed by atoms with Crippen molar-refractivity contribution >= 4 is 17.4 Å². The Morgan fingerprint density at radius 3 is 2.39 bits per heavy atom. The van der Waals surface area contributed by atoms with Crippen LogP contribution < -0.4 is 16.0 Å². The summed E-state index contributed by atoms with van der Waals surface area (Å²) in [5.41, 5.74) is 4.21. The van der Waals surface area contributed by atoms with Crippen LogP contribution in [-0.4, -0.2) is 82.6 Å². The van der Waals surface area contributed by atoms with Gasteiger partial charge in [0.05, 0.1) is 11.6 Å². The van der Waals surface area contributed by atoms with Crippen LogP contribution >= 0.6 is 0 Å². The maximum atomic E-state index is 14.2. The standard InChI is InChI=1S/C31H34F2N4O7/c1-36(2)20-10-14(11-35-12-16-18(32)6-5-7-19(16)33)25(38)22-15(20)8-13-9-17-24(37(3)4)27(40)23(29(34)42)31(43)30(17,44-31)28(41)21(13)26(22)39/h5-7,10,13,17,24,35,38,40-41,43H,8-9,11-12H2,1-4H3,(H2,34,42)/t13-,17-,24-,30-,31?/m0/s1. The molecule has 2 aromatic carbocycles. The second-order valence-corrected chi connectivity index (χ2v) is 12.3. The minimum Gasteiger partial charge on any atom is -0.510 e. The van der Waals surface area contributed by atoms with Crippen LogP contribution in [0.15, 0.2) is 46.9 Å². The third kappa shape index (κ3) is 3.92. The molecule has 7 N–H and O–H groups in total. The highest BCUT2D eigenvalue weighted by molar-refractivity contribution is 6.15. The van der Waals surface area contributed by atoms with Crippen molar-refractivity contribution in [3.8, 4) is 5.75 Å². The average molecular weight is 613 g/mol. The second kappa shape index (κ2) is 9.99. The van der Waals surface area contributed by atoms with E-state index in [0.29, 0.717) is 11.3 Å². The third-order valence-corrected chi connectivity index (χ3v) is 9.45. The van der Waals surface area contributed by atoms with Crippen molar-refractivity contribution in [3.05, 3.63) is 80.8 Å². The lowest BCUT2D eigenvalue weighted by atomic mass is 9.60. The Morgan fingerprint density at radius 2 is 1.80 bits per heavy atom. The van der Waals surface area contributed by atoms with E-state index in [0.717, 1.165) is 12.1 Å². The van der Waals surface area contributed by atoms with Gasteiger partial charge in [-0.15, -0.1) is 0 Å². The van der Waals surface area contributed by atoms with Crippen molar-refractivity contribution in [2.24, 2.45) is 17.6 Å². The predicted molar refractivity (Wildman–Crippen MR) is 154 cm³/mol. The molecule has 5 atom stereocenters. The summed E-state index contributed by atoms with van der Waals surface area (Å²) in [5, 5.41) is 48.5. The smallest absolute Gasteiger partial charge is 0.253 e. The normalized spacial score (nSPS) is 28.8. The lowest BCUT2D eigenvalue weighted by Gasteiger charge is -2.46. The lowest BCUT2D eigenvalue weighted by molar-refractivity contribution is -0.117. The SMILES string of the molecule is CN(C)c1cc(CNCc2c(F)cccc2F)c(O)c2c1C[C@H]1C[C@H]3[C@H](N(C)C)C(O)=C(C(N)=O)C4(O)O[C@]34C(O)=C1C2=O. The van der Waals surface area contributed by atoms with Crippen LogP contribution in [0.2, 0.25) is 0 Å². The number of aromatic hydroxyl groups is 1. The highest BCUT2D eigenvalue weighted by Crippen LogP contribution is 2.68. The highest BCUT2D eigenvalue weighted by Gasteiger charge is 2.84. The Morgan fingerprint density at radius 1 is 1.14 bits per heavy atom. The quantitative estimate of drug-likeness (QED) is 0.254. The number of nitrogens with zero attached hydrogens (tertiary/aromatic N) is 2. The van der Waals surface area contributed by atoms with E-state index in [1.807, 2.05) is 0 Å². The van der Waals surface area contributed by atoms with Gasteiger partial charge in [0, 0.05) is 55.5 Å². The first-order chi connectivity index (χ1) is 20.7. The van der Waals surface area contributed by atoms with Crippen LogP contribution in [0.3, 0.4) is 0 Å². The molecule has 0 radical (unpaired) electrons. The number of fused-ring (bicyclic) bond motifs is 2. The van der Waals surface area contributed by atoms with Crippen LogP contribution in [0.5, 0.6) is 5.75 Å². The summed E-state index contributed by atoms with van der Waals surface area (Å²) in [4.78, 5) is 30.0. The fourth-order valence-corrected chi connectivity index (χ4v) is 7.52. The van der Waals surface area contributed by atoms with Crippen LogP contribution in [0.1, 0.15) is 33.5 Å². The molecule has 13 heteroatoms. The molecule has 0 saturated carbocycles. The number of ketones is 1. The van der Waals surface area contributed by atoms with E-state index in [1.54, 1.807) is 44.1 Å². The molecule has 0 bridgehead atoms.